The van der Waals surface area contributed by atoms with E-state index in [0.29, 0.717) is 15.9 Å². The summed E-state index contributed by atoms with van der Waals surface area (Å²) in [6.45, 7) is 4.04. The van der Waals surface area contributed by atoms with Gasteiger partial charge in [-0.25, -0.2) is 14.8 Å². The molecule has 0 bridgehead atoms. The molecule has 0 unspecified atom stereocenters. The van der Waals surface area contributed by atoms with Gasteiger partial charge in [0.25, 0.3) is 0 Å². The maximum absolute atomic E-state index is 11.0. The van der Waals surface area contributed by atoms with Crippen molar-refractivity contribution in [2.75, 3.05) is 0 Å². The number of halogens is 1. The Bertz CT molecular complexity index is 528. The Hall–Kier alpha value is -1.17. The Kier molecular flexibility index (Phi) is 2.14. The molecule has 2 N–H and O–H groups in total. The molecule has 0 atom stereocenters. The van der Waals surface area contributed by atoms with E-state index in [1.807, 2.05) is 13.8 Å². The van der Waals surface area contributed by atoms with E-state index in [9.17, 15) is 4.79 Å². The SMILES string of the molecule is CC(C)c1nc2[nH]c(=O)[nH]c2nc1Br. The molecule has 2 aromatic rings. The van der Waals surface area contributed by atoms with E-state index >= 15 is 0 Å². The topological polar surface area (TPSA) is 74.4 Å². The number of H-pyrrole nitrogens is 2. The number of aromatic amines is 2. The van der Waals surface area contributed by atoms with Crippen molar-refractivity contribution in [1.82, 2.24) is 19.9 Å². The Labute approximate surface area is 88.1 Å². The molecule has 0 spiro atoms. The van der Waals surface area contributed by atoms with Gasteiger partial charge in [0.2, 0.25) is 0 Å². The first-order valence-corrected chi connectivity index (χ1v) is 5.02. The first-order valence-electron chi connectivity index (χ1n) is 4.23. The maximum atomic E-state index is 11.0. The second kappa shape index (κ2) is 3.20. The third-order valence-electron chi connectivity index (χ3n) is 1.89. The van der Waals surface area contributed by atoms with Crippen LogP contribution in [-0.2, 0) is 0 Å². The summed E-state index contributed by atoms with van der Waals surface area (Å²) in [6, 6.07) is 0. The van der Waals surface area contributed by atoms with Gasteiger partial charge in [-0.15, -0.1) is 0 Å². The van der Waals surface area contributed by atoms with Crippen LogP contribution >= 0.6 is 15.9 Å². The number of aromatic nitrogens is 4. The van der Waals surface area contributed by atoms with Gasteiger partial charge < -0.3 is 0 Å². The standard InChI is InChI=1S/C8H9BrN4O/c1-3(2)4-5(9)11-7-6(10-4)12-8(14)13-7/h3H,1-2H3,(H2,10,11,12,13,14). The van der Waals surface area contributed by atoms with Gasteiger partial charge in [-0.05, 0) is 21.8 Å². The Balaban J connectivity index is 2.76. The van der Waals surface area contributed by atoms with Crippen LogP contribution in [-0.4, -0.2) is 19.9 Å². The molecule has 0 saturated heterocycles. The fourth-order valence-electron chi connectivity index (χ4n) is 1.22. The molecule has 14 heavy (non-hydrogen) atoms. The molecule has 6 heteroatoms. The average molecular weight is 257 g/mol. The molecule has 2 aromatic heterocycles. The largest absolute Gasteiger partial charge is 0.326 e. The average Bonchev–Trinajstić information content (AvgIpc) is 2.42. The van der Waals surface area contributed by atoms with Crippen LogP contribution in [0.15, 0.2) is 9.40 Å². The van der Waals surface area contributed by atoms with Crippen molar-refractivity contribution in [3.05, 3.63) is 20.8 Å². The summed E-state index contributed by atoms with van der Waals surface area (Å²) in [6.07, 6.45) is 0. The zero-order valence-corrected chi connectivity index (χ0v) is 9.34. The minimum absolute atomic E-state index is 0.264. The molecule has 0 aliphatic heterocycles. The van der Waals surface area contributed by atoms with Gasteiger partial charge in [-0.1, -0.05) is 13.8 Å². The summed E-state index contributed by atoms with van der Waals surface area (Å²) in [5, 5.41) is 0. The number of nitrogens with zero attached hydrogens (tertiary/aromatic N) is 2. The lowest BCUT2D eigenvalue weighted by Crippen LogP contribution is -1.99. The zero-order valence-electron chi connectivity index (χ0n) is 7.76. The molecule has 0 amide bonds. The first kappa shape index (κ1) is 9.39. The minimum atomic E-state index is -0.284. The second-order valence-corrected chi connectivity index (χ2v) is 4.08. The van der Waals surface area contributed by atoms with Crippen molar-refractivity contribution in [3.8, 4) is 0 Å². The molecule has 74 valence electrons. The van der Waals surface area contributed by atoms with Gasteiger partial charge in [0.05, 0.1) is 5.69 Å². The summed E-state index contributed by atoms with van der Waals surface area (Å²) in [4.78, 5) is 24.6. The first-order chi connectivity index (χ1) is 6.58. The molecule has 0 fully saturated rings. The van der Waals surface area contributed by atoms with Crippen LogP contribution in [0.2, 0.25) is 0 Å². The van der Waals surface area contributed by atoms with E-state index in [1.165, 1.54) is 0 Å². The van der Waals surface area contributed by atoms with E-state index < -0.39 is 0 Å². The van der Waals surface area contributed by atoms with E-state index in [4.69, 9.17) is 0 Å². The second-order valence-electron chi connectivity index (χ2n) is 3.33. The van der Waals surface area contributed by atoms with Crippen LogP contribution < -0.4 is 5.69 Å². The third kappa shape index (κ3) is 1.45. The van der Waals surface area contributed by atoms with Crippen LogP contribution in [0, 0.1) is 0 Å². The monoisotopic (exact) mass is 256 g/mol. The van der Waals surface area contributed by atoms with Gasteiger partial charge >= 0.3 is 5.69 Å². The number of rotatable bonds is 1. The number of nitrogens with one attached hydrogen (secondary N) is 2. The quantitative estimate of drug-likeness (QED) is 0.813. The van der Waals surface area contributed by atoms with Crippen molar-refractivity contribution >= 4 is 27.2 Å². The molecule has 0 aliphatic carbocycles. The van der Waals surface area contributed by atoms with Gasteiger partial charge in [-0.2, -0.15) is 0 Å². The Morgan fingerprint density at radius 3 is 2.36 bits per heavy atom. The summed E-state index contributed by atoms with van der Waals surface area (Å²) in [5.74, 6) is 0.264. The molecule has 0 radical (unpaired) electrons. The molecule has 0 saturated carbocycles. The van der Waals surface area contributed by atoms with E-state index in [1.54, 1.807) is 0 Å². The van der Waals surface area contributed by atoms with Gasteiger partial charge in [0.15, 0.2) is 11.3 Å². The fraction of sp³-hybridized carbons (Fsp3) is 0.375. The Morgan fingerprint density at radius 1 is 1.21 bits per heavy atom. The maximum Gasteiger partial charge on any atom is 0.326 e. The molecule has 0 aromatic carbocycles. The van der Waals surface area contributed by atoms with Crippen LogP contribution in [0.25, 0.3) is 11.3 Å². The number of hydrogen-bond donors (Lipinski definition) is 2. The van der Waals surface area contributed by atoms with Gasteiger partial charge in [0, 0.05) is 0 Å². The van der Waals surface area contributed by atoms with Crippen LogP contribution in [0.1, 0.15) is 25.5 Å². The normalized spacial score (nSPS) is 11.4. The Morgan fingerprint density at radius 2 is 1.79 bits per heavy atom. The highest BCUT2D eigenvalue weighted by atomic mass is 79.9. The van der Waals surface area contributed by atoms with E-state index in [0.717, 1.165) is 5.69 Å². The molecular weight excluding hydrogens is 248 g/mol. The van der Waals surface area contributed by atoms with Crippen LogP contribution in [0.5, 0.6) is 0 Å². The lowest BCUT2D eigenvalue weighted by atomic mass is 10.1. The molecule has 2 heterocycles. The number of fused-ring (bicyclic) bond motifs is 1. The minimum Gasteiger partial charge on any atom is -0.289 e. The van der Waals surface area contributed by atoms with Crippen molar-refractivity contribution in [2.24, 2.45) is 0 Å². The predicted molar refractivity (Wildman–Crippen MR) is 56.3 cm³/mol. The van der Waals surface area contributed by atoms with Crippen molar-refractivity contribution in [3.63, 3.8) is 0 Å². The van der Waals surface area contributed by atoms with Crippen LogP contribution in [0.4, 0.5) is 0 Å². The zero-order chi connectivity index (χ0) is 10.3. The van der Waals surface area contributed by atoms with Gasteiger partial charge in [-0.3, -0.25) is 9.97 Å². The lowest BCUT2D eigenvalue weighted by molar-refractivity contribution is 0.811. The smallest absolute Gasteiger partial charge is 0.289 e. The van der Waals surface area contributed by atoms with E-state index in [-0.39, 0.29) is 11.6 Å². The summed E-state index contributed by atoms with van der Waals surface area (Å²) in [5.41, 5.74) is 1.54. The molecular formula is C8H9BrN4O. The fourth-order valence-corrected chi connectivity index (χ4v) is 1.94. The van der Waals surface area contributed by atoms with Gasteiger partial charge in [0.1, 0.15) is 4.60 Å². The highest BCUT2D eigenvalue weighted by Crippen LogP contribution is 2.21. The molecule has 2 rings (SSSR count). The lowest BCUT2D eigenvalue weighted by Gasteiger charge is -2.04. The number of imidazole rings is 1. The van der Waals surface area contributed by atoms with Crippen LogP contribution in [0.3, 0.4) is 0 Å². The highest BCUT2D eigenvalue weighted by Gasteiger charge is 2.11. The number of hydrogen-bond acceptors (Lipinski definition) is 3. The highest BCUT2D eigenvalue weighted by molar-refractivity contribution is 9.10. The van der Waals surface area contributed by atoms with Crippen molar-refractivity contribution in [1.29, 1.82) is 0 Å². The van der Waals surface area contributed by atoms with Crippen molar-refractivity contribution < 1.29 is 0 Å². The summed E-state index contributed by atoms with van der Waals surface area (Å²) in [7, 11) is 0. The van der Waals surface area contributed by atoms with E-state index in [2.05, 4.69) is 35.9 Å². The van der Waals surface area contributed by atoms with Crippen molar-refractivity contribution in [2.45, 2.75) is 19.8 Å². The molecule has 0 aliphatic rings. The predicted octanol–water partition coefficient (Wildman–Crippen LogP) is 1.53. The third-order valence-corrected chi connectivity index (χ3v) is 2.47. The summed E-state index contributed by atoms with van der Waals surface area (Å²) >= 11 is 3.32. The summed E-state index contributed by atoms with van der Waals surface area (Å²) < 4.78 is 0.676. The molecule has 5 nitrogen and oxygen atoms in total.